The molecule has 0 bridgehead atoms. The lowest BCUT2D eigenvalue weighted by Crippen LogP contribution is -2.15. The minimum Gasteiger partial charge on any atom is -0.482 e. The highest BCUT2D eigenvalue weighted by Gasteiger charge is 2.12. The number of rotatable bonds is 6. The molecular weight excluding hydrogens is 344 g/mol. The average molecular weight is 366 g/mol. The number of H-pyrrole nitrogens is 1. The van der Waals surface area contributed by atoms with E-state index in [1.807, 2.05) is 32.0 Å². The van der Waals surface area contributed by atoms with Crippen molar-refractivity contribution in [3.8, 4) is 5.75 Å². The summed E-state index contributed by atoms with van der Waals surface area (Å²) in [6.45, 7) is 5.95. The fourth-order valence-electron chi connectivity index (χ4n) is 2.79. The first kappa shape index (κ1) is 18.5. The highest BCUT2D eigenvalue weighted by molar-refractivity contribution is 6.06. The van der Waals surface area contributed by atoms with Gasteiger partial charge in [-0.25, -0.2) is 4.79 Å². The van der Waals surface area contributed by atoms with Crippen LogP contribution in [0, 0.1) is 13.8 Å². The van der Waals surface area contributed by atoms with E-state index < -0.39 is 5.97 Å². The number of aryl methyl sites for hydroxylation is 2. The summed E-state index contributed by atoms with van der Waals surface area (Å²) in [5, 5.41) is 3.87. The smallest absolute Gasteiger partial charge is 0.344 e. The van der Waals surface area contributed by atoms with E-state index in [0.29, 0.717) is 23.7 Å². The Bertz CT molecular complexity index is 991. The molecule has 27 heavy (non-hydrogen) atoms. The summed E-state index contributed by atoms with van der Waals surface area (Å²) in [6.07, 6.45) is 0. The van der Waals surface area contributed by atoms with Crippen LogP contribution in [0.1, 0.15) is 28.5 Å². The van der Waals surface area contributed by atoms with Gasteiger partial charge >= 0.3 is 5.97 Å². The number of carbonyl (C=O) groups is 2. The molecule has 0 fully saturated rings. The maximum absolute atomic E-state index is 12.6. The average Bonchev–Trinajstić information content (AvgIpc) is 3.09. The third-order valence-corrected chi connectivity index (χ3v) is 4.34. The van der Waals surface area contributed by atoms with Gasteiger partial charge in [-0.1, -0.05) is 12.1 Å². The summed E-state index contributed by atoms with van der Waals surface area (Å²) >= 11 is 0. The van der Waals surface area contributed by atoms with E-state index in [-0.39, 0.29) is 12.5 Å². The van der Waals surface area contributed by atoms with E-state index >= 15 is 0 Å². The molecule has 0 aliphatic rings. The van der Waals surface area contributed by atoms with Crippen LogP contribution in [0.3, 0.4) is 0 Å². The van der Waals surface area contributed by atoms with E-state index in [9.17, 15) is 9.59 Å². The fraction of sp³-hybridized carbons (Fsp3) is 0.238. The second-order valence-electron chi connectivity index (χ2n) is 6.23. The zero-order chi connectivity index (χ0) is 19.4. The SMILES string of the molecule is CCOC(=O)COc1cccc(NC(=O)c2cc3c(C)c(C)ccc3[nH]2)c1. The van der Waals surface area contributed by atoms with Gasteiger partial charge in [0.2, 0.25) is 0 Å². The Morgan fingerprint density at radius 1 is 1.11 bits per heavy atom. The van der Waals surface area contributed by atoms with Crippen LogP contribution in [0.2, 0.25) is 0 Å². The Labute approximate surface area is 157 Å². The summed E-state index contributed by atoms with van der Waals surface area (Å²) in [5.41, 5.74) is 4.32. The molecule has 0 radical (unpaired) electrons. The van der Waals surface area contributed by atoms with E-state index in [4.69, 9.17) is 9.47 Å². The van der Waals surface area contributed by atoms with Gasteiger partial charge in [-0.2, -0.15) is 0 Å². The molecule has 0 aliphatic carbocycles. The zero-order valence-electron chi connectivity index (χ0n) is 15.6. The Balaban J connectivity index is 1.72. The van der Waals surface area contributed by atoms with Crippen molar-refractivity contribution in [2.24, 2.45) is 0 Å². The van der Waals surface area contributed by atoms with Gasteiger partial charge in [-0.15, -0.1) is 0 Å². The van der Waals surface area contributed by atoms with Crippen LogP contribution in [-0.2, 0) is 9.53 Å². The molecule has 3 aromatic rings. The number of fused-ring (bicyclic) bond motifs is 1. The molecule has 0 unspecified atom stereocenters. The normalized spacial score (nSPS) is 10.6. The van der Waals surface area contributed by atoms with Crippen LogP contribution in [0.5, 0.6) is 5.75 Å². The molecule has 0 saturated carbocycles. The van der Waals surface area contributed by atoms with Crippen LogP contribution in [0.25, 0.3) is 10.9 Å². The second kappa shape index (κ2) is 7.95. The standard InChI is InChI=1S/C21H22N2O4/c1-4-26-20(24)12-27-16-7-5-6-15(10-16)22-21(25)19-11-17-14(3)13(2)8-9-18(17)23-19/h5-11,23H,4,12H2,1-3H3,(H,22,25). The van der Waals surface area contributed by atoms with Crippen molar-refractivity contribution in [3.05, 3.63) is 59.3 Å². The predicted octanol–water partition coefficient (Wildman–Crippen LogP) is 3.98. The Hall–Kier alpha value is -3.28. The number of nitrogens with one attached hydrogen (secondary N) is 2. The summed E-state index contributed by atoms with van der Waals surface area (Å²) in [4.78, 5) is 27.1. The molecule has 6 heteroatoms. The molecule has 0 aliphatic heterocycles. The van der Waals surface area contributed by atoms with Gasteiger partial charge in [0.25, 0.3) is 5.91 Å². The number of amides is 1. The number of hydrogen-bond donors (Lipinski definition) is 2. The van der Waals surface area contributed by atoms with E-state index in [1.54, 1.807) is 31.2 Å². The first-order valence-corrected chi connectivity index (χ1v) is 8.76. The molecule has 0 saturated heterocycles. The van der Waals surface area contributed by atoms with Crippen LogP contribution >= 0.6 is 0 Å². The molecule has 3 rings (SSSR count). The van der Waals surface area contributed by atoms with Crippen molar-refractivity contribution < 1.29 is 19.1 Å². The minimum atomic E-state index is -0.435. The van der Waals surface area contributed by atoms with Gasteiger partial charge in [0.15, 0.2) is 6.61 Å². The van der Waals surface area contributed by atoms with Crippen molar-refractivity contribution in [1.29, 1.82) is 0 Å². The number of anilines is 1. The third-order valence-electron chi connectivity index (χ3n) is 4.34. The number of benzene rings is 2. The van der Waals surface area contributed by atoms with Crippen molar-refractivity contribution in [3.63, 3.8) is 0 Å². The lowest BCUT2D eigenvalue weighted by atomic mass is 10.1. The number of carbonyl (C=O) groups excluding carboxylic acids is 2. The van der Waals surface area contributed by atoms with E-state index in [0.717, 1.165) is 16.5 Å². The van der Waals surface area contributed by atoms with Crippen molar-refractivity contribution >= 4 is 28.5 Å². The van der Waals surface area contributed by atoms with Crippen molar-refractivity contribution in [1.82, 2.24) is 4.98 Å². The van der Waals surface area contributed by atoms with Crippen LogP contribution in [0.15, 0.2) is 42.5 Å². The summed E-state index contributed by atoms with van der Waals surface area (Å²) < 4.78 is 10.2. The Morgan fingerprint density at radius 3 is 2.70 bits per heavy atom. The Morgan fingerprint density at radius 2 is 1.93 bits per heavy atom. The highest BCUT2D eigenvalue weighted by atomic mass is 16.6. The molecule has 1 amide bonds. The van der Waals surface area contributed by atoms with Gasteiger partial charge in [-0.3, -0.25) is 4.79 Å². The molecule has 0 atom stereocenters. The van der Waals surface area contributed by atoms with Gasteiger partial charge < -0.3 is 19.8 Å². The molecule has 2 aromatic carbocycles. The molecular formula is C21H22N2O4. The van der Waals surface area contributed by atoms with Crippen LogP contribution < -0.4 is 10.1 Å². The summed E-state index contributed by atoms with van der Waals surface area (Å²) in [6, 6.07) is 12.7. The van der Waals surface area contributed by atoms with Crippen molar-refractivity contribution in [2.75, 3.05) is 18.5 Å². The number of hydrogen-bond acceptors (Lipinski definition) is 4. The van der Waals surface area contributed by atoms with Gasteiger partial charge in [0, 0.05) is 22.7 Å². The largest absolute Gasteiger partial charge is 0.482 e. The number of aromatic amines is 1. The molecule has 140 valence electrons. The second-order valence-corrected chi connectivity index (χ2v) is 6.23. The first-order valence-electron chi connectivity index (χ1n) is 8.76. The quantitative estimate of drug-likeness (QED) is 0.647. The lowest BCUT2D eigenvalue weighted by molar-refractivity contribution is -0.145. The monoisotopic (exact) mass is 366 g/mol. The molecule has 0 spiro atoms. The van der Waals surface area contributed by atoms with Crippen molar-refractivity contribution in [2.45, 2.75) is 20.8 Å². The first-order chi connectivity index (χ1) is 13.0. The zero-order valence-corrected chi connectivity index (χ0v) is 15.6. The predicted molar refractivity (Wildman–Crippen MR) is 104 cm³/mol. The van der Waals surface area contributed by atoms with Crippen LogP contribution in [-0.4, -0.2) is 30.1 Å². The maximum Gasteiger partial charge on any atom is 0.344 e. The lowest BCUT2D eigenvalue weighted by Gasteiger charge is -2.08. The molecule has 2 N–H and O–H groups in total. The Kier molecular flexibility index (Phi) is 5.45. The maximum atomic E-state index is 12.6. The molecule has 6 nitrogen and oxygen atoms in total. The van der Waals surface area contributed by atoms with Gasteiger partial charge in [0.1, 0.15) is 11.4 Å². The van der Waals surface area contributed by atoms with E-state index in [2.05, 4.69) is 10.3 Å². The third kappa shape index (κ3) is 4.28. The topological polar surface area (TPSA) is 80.4 Å². The van der Waals surface area contributed by atoms with Crippen LogP contribution in [0.4, 0.5) is 5.69 Å². The number of esters is 1. The fourth-order valence-corrected chi connectivity index (χ4v) is 2.79. The van der Waals surface area contributed by atoms with Gasteiger partial charge in [-0.05, 0) is 56.2 Å². The number of ether oxygens (including phenoxy) is 2. The molecule has 1 heterocycles. The van der Waals surface area contributed by atoms with E-state index in [1.165, 1.54) is 5.56 Å². The highest BCUT2D eigenvalue weighted by Crippen LogP contribution is 2.23. The van der Waals surface area contributed by atoms with Gasteiger partial charge in [0.05, 0.1) is 6.61 Å². The summed E-state index contributed by atoms with van der Waals surface area (Å²) in [5.74, 6) is -0.203. The molecule has 1 aromatic heterocycles. The summed E-state index contributed by atoms with van der Waals surface area (Å²) in [7, 11) is 0. The minimum absolute atomic E-state index is 0.175. The number of aromatic nitrogens is 1.